The largest absolute Gasteiger partial charge is 0.361 e. The average Bonchev–Trinajstić information content (AvgIpc) is 3.17. The predicted octanol–water partition coefficient (Wildman–Crippen LogP) is 2.20. The first kappa shape index (κ1) is 17.1. The molecule has 2 aromatic rings. The first-order chi connectivity index (χ1) is 11.6. The summed E-state index contributed by atoms with van der Waals surface area (Å²) >= 11 is 1.64. The molecule has 7 heteroatoms. The molecule has 0 atom stereocenters. The molecule has 6 nitrogen and oxygen atoms in total. The Labute approximate surface area is 146 Å². The molecule has 3 heterocycles. The van der Waals surface area contributed by atoms with Crippen LogP contribution in [0, 0.1) is 13.8 Å². The number of aryl methyl sites for hydroxylation is 3. The van der Waals surface area contributed by atoms with E-state index in [0.29, 0.717) is 6.42 Å². The van der Waals surface area contributed by atoms with Crippen molar-refractivity contribution in [2.75, 3.05) is 26.2 Å². The van der Waals surface area contributed by atoms with Gasteiger partial charge in [0.1, 0.15) is 5.76 Å². The smallest absolute Gasteiger partial charge is 0.228 e. The molecule has 24 heavy (non-hydrogen) atoms. The van der Waals surface area contributed by atoms with Gasteiger partial charge >= 0.3 is 0 Å². The molecule has 3 rings (SSSR count). The van der Waals surface area contributed by atoms with Gasteiger partial charge in [-0.15, -0.1) is 11.3 Å². The van der Waals surface area contributed by atoms with E-state index < -0.39 is 0 Å². The quantitative estimate of drug-likeness (QED) is 0.829. The maximum atomic E-state index is 12.4. The fraction of sp³-hybridized carbons (Fsp3) is 0.588. The first-order valence-corrected chi connectivity index (χ1v) is 9.30. The average molecular weight is 348 g/mol. The molecular weight excluding hydrogens is 324 g/mol. The van der Waals surface area contributed by atoms with Gasteiger partial charge in [0.25, 0.3) is 0 Å². The summed E-state index contributed by atoms with van der Waals surface area (Å²) in [7, 11) is 0. The molecule has 1 aliphatic rings. The van der Waals surface area contributed by atoms with Crippen LogP contribution in [0.5, 0.6) is 0 Å². The SMILES string of the molecule is CCc1nc(CC(=O)N2CCN(Cc3c(C)noc3C)CC2)cs1. The number of nitrogens with zero attached hydrogens (tertiary/aromatic N) is 4. The maximum absolute atomic E-state index is 12.4. The van der Waals surface area contributed by atoms with Crippen molar-refractivity contribution in [3.63, 3.8) is 0 Å². The van der Waals surface area contributed by atoms with Crippen LogP contribution in [0.4, 0.5) is 0 Å². The number of carbonyl (C=O) groups excluding carboxylic acids is 1. The lowest BCUT2D eigenvalue weighted by Crippen LogP contribution is -2.48. The fourth-order valence-electron chi connectivity index (χ4n) is 2.97. The van der Waals surface area contributed by atoms with E-state index in [2.05, 4.69) is 22.0 Å². The van der Waals surface area contributed by atoms with Crippen LogP contribution in [0.3, 0.4) is 0 Å². The van der Waals surface area contributed by atoms with Gasteiger partial charge in [-0.25, -0.2) is 4.98 Å². The number of aromatic nitrogens is 2. The minimum atomic E-state index is 0.181. The van der Waals surface area contributed by atoms with Crippen LogP contribution in [0.25, 0.3) is 0 Å². The van der Waals surface area contributed by atoms with Crippen molar-refractivity contribution in [2.45, 2.75) is 40.2 Å². The highest BCUT2D eigenvalue weighted by molar-refractivity contribution is 7.09. The van der Waals surface area contributed by atoms with Crippen molar-refractivity contribution in [1.29, 1.82) is 0 Å². The molecule has 0 radical (unpaired) electrons. The van der Waals surface area contributed by atoms with Gasteiger partial charge in [-0.1, -0.05) is 12.1 Å². The second-order valence-corrected chi connectivity index (χ2v) is 7.17. The zero-order chi connectivity index (χ0) is 17.1. The predicted molar refractivity (Wildman–Crippen MR) is 93.0 cm³/mol. The Balaban J connectivity index is 1.50. The number of rotatable bonds is 5. The zero-order valence-corrected chi connectivity index (χ0v) is 15.4. The molecule has 1 amide bonds. The van der Waals surface area contributed by atoms with Crippen LogP contribution in [0.1, 0.15) is 34.6 Å². The third-order valence-corrected chi connectivity index (χ3v) is 5.56. The number of piperazine rings is 1. The Kier molecular flexibility index (Phi) is 5.30. The summed E-state index contributed by atoms with van der Waals surface area (Å²) in [6.07, 6.45) is 1.35. The van der Waals surface area contributed by atoms with E-state index in [0.717, 1.165) is 61.3 Å². The maximum Gasteiger partial charge on any atom is 0.228 e. The minimum absolute atomic E-state index is 0.181. The molecule has 0 unspecified atom stereocenters. The van der Waals surface area contributed by atoms with Crippen molar-refractivity contribution in [1.82, 2.24) is 19.9 Å². The van der Waals surface area contributed by atoms with E-state index in [1.807, 2.05) is 24.1 Å². The van der Waals surface area contributed by atoms with Crippen LogP contribution in [0.15, 0.2) is 9.90 Å². The Morgan fingerprint density at radius 3 is 2.62 bits per heavy atom. The van der Waals surface area contributed by atoms with Crippen molar-refractivity contribution < 1.29 is 9.32 Å². The highest BCUT2D eigenvalue weighted by Gasteiger charge is 2.23. The summed E-state index contributed by atoms with van der Waals surface area (Å²) in [4.78, 5) is 21.2. The molecule has 0 aliphatic carbocycles. The molecule has 0 bridgehead atoms. The topological polar surface area (TPSA) is 62.5 Å². The molecule has 0 N–H and O–H groups in total. The van der Waals surface area contributed by atoms with Gasteiger partial charge in [0.15, 0.2) is 0 Å². The summed E-state index contributed by atoms with van der Waals surface area (Å²) in [5.41, 5.74) is 3.03. The Morgan fingerprint density at radius 2 is 2.04 bits per heavy atom. The van der Waals surface area contributed by atoms with E-state index in [1.165, 1.54) is 5.56 Å². The van der Waals surface area contributed by atoms with E-state index >= 15 is 0 Å². The van der Waals surface area contributed by atoms with Crippen LogP contribution in [-0.2, 0) is 24.2 Å². The summed E-state index contributed by atoms with van der Waals surface area (Å²) in [6.45, 7) is 10.2. The Bertz CT molecular complexity index is 682. The van der Waals surface area contributed by atoms with E-state index in [1.54, 1.807) is 11.3 Å². The lowest BCUT2D eigenvalue weighted by Gasteiger charge is -2.34. The van der Waals surface area contributed by atoms with Crippen LogP contribution < -0.4 is 0 Å². The second-order valence-electron chi connectivity index (χ2n) is 6.22. The molecular formula is C17H24N4O2S. The van der Waals surface area contributed by atoms with Crippen molar-refractivity contribution in [3.05, 3.63) is 33.1 Å². The number of hydrogen-bond acceptors (Lipinski definition) is 6. The number of hydrogen-bond donors (Lipinski definition) is 0. The molecule has 130 valence electrons. The van der Waals surface area contributed by atoms with Gasteiger partial charge in [0.05, 0.1) is 22.8 Å². The van der Waals surface area contributed by atoms with Crippen molar-refractivity contribution >= 4 is 17.2 Å². The highest BCUT2D eigenvalue weighted by Crippen LogP contribution is 2.17. The summed E-state index contributed by atoms with van der Waals surface area (Å²) in [5, 5.41) is 7.11. The van der Waals surface area contributed by atoms with Crippen molar-refractivity contribution in [2.24, 2.45) is 0 Å². The summed E-state index contributed by atoms with van der Waals surface area (Å²) in [6, 6.07) is 0. The standard InChI is InChI=1S/C17H24N4O2S/c1-4-16-18-14(11-24-16)9-17(22)21-7-5-20(6-8-21)10-15-12(2)19-23-13(15)3/h11H,4-10H2,1-3H3. The number of thiazole rings is 1. The molecule has 0 saturated carbocycles. The van der Waals surface area contributed by atoms with E-state index in [-0.39, 0.29) is 5.91 Å². The normalized spacial score (nSPS) is 15.9. The third kappa shape index (κ3) is 3.84. The van der Waals surface area contributed by atoms with Gasteiger partial charge in [0.2, 0.25) is 5.91 Å². The van der Waals surface area contributed by atoms with E-state index in [4.69, 9.17) is 4.52 Å². The third-order valence-electron chi connectivity index (χ3n) is 4.52. The van der Waals surface area contributed by atoms with Gasteiger partial charge < -0.3 is 9.42 Å². The molecule has 0 aromatic carbocycles. The highest BCUT2D eigenvalue weighted by atomic mass is 32.1. The molecule has 0 spiro atoms. The van der Waals surface area contributed by atoms with Gasteiger partial charge in [-0.2, -0.15) is 0 Å². The van der Waals surface area contributed by atoms with Gasteiger partial charge in [-0.3, -0.25) is 9.69 Å². The molecule has 2 aromatic heterocycles. The van der Waals surface area contributed by atoms with E-state index in [9.17, 15) is 4.79 Å². The minimum Gasteiger partial charge on any atom is -0.361 e. The number of carbonyl (C=O) groups is 1. The number of amides is 1. The Hall–Kier alpha value is -1.73. The summed E-state index contributed by atoms with van der Waals surface area (Å²) < 4.78 is 5.23. The molecule has 1 fully saturated rings. The first-order valence-electron chi connectivity index (χ1n) is 8.42. The van der Waals surface area contributed by atoms with Crippen LogP contribution in [0.2, 0.25) is 0 Å². The second kappa shape index (κ2) is 7.44. The molecule has 1 aliphatic heterocycles. The fourth-order valence-corrected chi connectivity index (χ4v) is 3.71. The lowest BCUT2D eigenvalue weighted by atomic mass is 10.1. The van der Waals surface area contributed by atoms with Gasteiger partial charge in [-0.05, 0) is 20.3 Å². The monoisotopic (exact) mass is 348 g/mol. The van der Waals surface area contributed by atoms with Crippen molar-refractivity contribution in [3.8, 4) is 0 Å². The van der Waals surface area contributed by atoms with Crippen LogP contribution in [-0.4, -0.2) is 52.0 Å². The lowest BCUT2D eigenvalue weighted by molar-refractivity contribution is -0.132. The summed E-state index contributed by atoms with van der Waals surface area (Å²) in [5.74, 6) is 1.07. The van der Waals surface area contributed by atoms with Gasteiger partial charge in [0, 0.05) is 43.7 Å². The van der Waals surface area contributed by atoms with Crippen LogP contribution >= 0.6 is 11.3 Å². The Morgan fingerprint density at radius 1 is 1.29 bits per heavy atom. The zero-order valence-electron chi connectivity index (χ0n) is 14.5. The molecule has 1 saturated heterocycles.